The quantitative estimate of drug-likeness (QED) is 0.540. The van der Waals surface area contributed by atoms with Crippen LogP contribution in [0, 0.1) is 10.1 Å². The van der Waals surface area contributed by atoms with Crippen LogP contribution in [-0.2, 0) is 15.6 Å². The van der Waals surface area contributed by atoms with Gasteiger partial charge in [-0.3, -0.25) is 10.1 Å². The van der Waals surface area contributed by atoms with Crippen molar-refractivity contribution < 1.29 is 13.3 Å². The normalized spacial score (nSPS) is 11.5. The lowest BCUT2D eigenvalue weighted by Gasteiger charge is -2.08. The summed E-state index contributed by atoms with van der Waals surface area (Å²) in [4.78, 5) is 10.7. The SMILES string of the molecule is O=[N+]([O-])c1ccccc1CS(=O)(=O)c1cccc2ccccc12. The van der Waals surface area contributed by atoms with Gasteiger partial charge in [0.15, 0.2) is 9.84 Å². The fourth-order valence-corrected chi connectivity index (χ4v) is 4.18. The molecule has 0 fully saturated rings. The van der Waals surface area contributed by atoms with Crippen LogP contribution < -0.4 is 0 Å². The van der Waals surface area contributed by atoms with Gasteiger partial charge in [0.1, 0.15) is 0 Å². The highest BCUT2D eigenvalue weighted by molar-refractivity contribution is 7.90. The number of sulfone groups is 1. The van der Waals surface area contributed by atoms with Crippen molar-refractivity contribution in [1.82, 2.24) is 0 Å². The molecule has 23 heavy (non-hydrogen) atoms. The second-order valence-corrected chi connectivity index (χ2v) is 7.08. The number of nitrogens with zero attached hydrogens (tertiary/aromatic N) is 1. The molecule has 0 aromatic heterocycles. The molecule has 0 N–H and O–H groups in total. The summed E-state index contributed by atoms with van der Waals surface area (Å²) in [5, 5.41) is 12.5. The summed E-state index contributed by atoms with van der Waals surface area (Å²) in [5.74, 6) is -0.405. The summed E-state index contributed by atoms with van der Waals surface area (Å²) >= 11 is 0. The molecular weight excluding hydrogens is 314 g/mol. The highest BCUT2D eigenvalue weighted by atomic mass is 32.2. The first-order valence-electron chi connectivity index (χ1n) is 6.92. The van der Waals surface area contributed by atoms with Crippen LogP contribution in [0.5, 0.6) is 0 Å². The van der Waals surface area contributed by atoms with Crippen LogP contribution in [-0.4, -0.2) is 13.3 Å². The maximum atomic E-state index is 12.8. The molecule has 0 bridgehead atoms. The van der Waals surface area contributed by atoms with Gasteiger partial charge in [0.2, 0.25) is 0 Å². The zero-order valence-electron chi connectivity index (χ0n) is 12.0. The summed E-state index contributed by atoms with van der Waals surface area (Å²) in [7, 11) is -3.70. The molecule has 0 atom stereocenters. The Morgan fingerprint density at radius 1 is 0.870 bits per heavy atom. The fourth-order valence-electron chi connectivity index (χ4n) is 2.56. The van der Waals surface area contributed by atoms with Crippen molar-refractivity contribution in [2.45, 2.75) is 10.6 Å². The van der Waals surface area contributed by atoms with Crippen LogP contribution >= 0.6 is 0 Å². The fraction of sp³-hybridized carbons (Fsp3) is 0.0588. The number of para-hydroxylation sites is 1. The first-order chi connectivity index (χ1) is 11.0. The van der Waals surface area contributed by atoms with Crippen LogP contribution in [0.2, 0.25) is 0 Å². The van der Waals surface area contributed by atoms with E-state index in [9.17, 15) is 18.5 Å². The van der Waals surface area contributed by atoms with Crippen LogP contribution in [0.15, 0.2) is 71.6 Å². The molecule has 0 heterocycles. The second-order valence-electron chi connectivity index (χ2n) is 5.12. The van der Waals surface area contributed by atoms with Crippen molar-refractivity contribution in [3.63, 3.8) is 0 Å². The van der Waals surface area contributed by atoms with E-state index in [1.807, 2.05) is 18.2 Å². The van der Waals surface area contributed by atoms with Gasteiger partial charge in [0.25, 0.3) is 5.69 Å². The van der Waals surface area contributed by atoms with Crippen molar-refractivity contribution in [2.24, 2.45) is 0 Å². The molecule has 0 unspecified atom stereocenters. The first-order valence-corrected chi connectivity index (χ1v) is 8.57. The van der Waals surface area contributed by atoms with Gasteiger partial charge in [-0.05, 0) is 11.5 Å². The molecule has 0 saturated carbocycles. The minimum atomic E-state index is -3.70. The molecule has 0 aliphatic heterocycles. The highest BCUT2D eigenvalue weighted by Gasteiger charge is 2.23. The smallest absolute Gasteiger partial charge is 0.258 e. The Hall–Kier alpha value is -2.73. The minimum absolute atomic E-state index is 0.184. The molecule has 5 nitrogen and oxygen atoms in total. The zero-order valence-corrected chi connectivity index (χ0v) is 12.9. The van der Waals surface area contributed by atoms with Crippen LogP contribution in [0.25, 0.3) is 10.8 Å². The van der Waals surface area contributed by atoms with Gasteiger partial charge in [-0.25, -0.2) is 8.42 Å². The summed E-state index contributed by atoms with van der Waals surface area (Å²) in [6.07, 6.45) is 0. The van der Waals surface area contributed by atoms with Crippen molar-refractivity contribution in [2.75, 3.05) is 0 Å². The van der Waals surface area contributed by atoms with E-state index in [-0.39, 0.29) is 16.1 Å². The molecule has 0 aliphatic carbocycles. The molecule has 0 saturated heterocycles. The van der Waals surface area contributed by atoms with Crippen molar-refractivity contribution in [3.05, 3.63) is 82.4 Å². The van der Waals surface area contributed by atoms with Crippen LogP contribution in [0.4, 0.5) is 5.69 Å². The average molecular weight is 327 g/mol. The molecule has 0 radical (unpaired) electrons. The van der Waals surface area contributed by atoms with Crippen LogP contribution in [0.1, 0.15) is 5.56 Å². The van der Waals surface area contributed by atoms with Gasteiger partial charge >= 0.3 is 0 Å². The Kier molecular flexibility index (Phi) is 3.83. The van der Waals surface area contributed by atoms with E-state index in [0.29, 0.717) is 5.39 Å². The third-order valence-corrected chi connectivity index (χ3v) is 5.34. The van der Waals surface area contributed by atoms with E-state index >= 15 is 0 Å². The largest absolute Gasteiger partial charge is 0.273 e. The summed E-state index contributed by atoms with van der Waals surface area (Å²) in [6.45, 7) is 0. The summed E-state index contributed by atoms with van der Waals surface area (Å²) in [6, 6.07) is 18.1. The predicted molar refractivity (Wildman–Crippen MR) is 87.9 cm³/mol. The molecule has 0 spiro atoms. The number of hydrogen-bond donors (Lipinski definition) is 0. The van der Waals surface area contributed by atoms with Crippen molar-refractivity contribution in [1.29, 1.82) is 0 Å². The Balaban J connectivity index is 2.11. The van der Waals surface area contributed by atoms with E-state index < -0.39 is 20.5 Å². The first kappa shape index (κ1) is 15.2. The van der Waals surface area contributed by atoms with E-state index in [4.69, 9.17) is 0 Å². The topological polar surface area (TPSA) is 77.3 Å². The van der Waals surface area contributed by atoms with Crippen molar-refractivity contribution in [3.8, 4) is 0 Å². The maximum absolute atomic E-state index is 12.8. The molecule has 3 aromatic carbocycles. The van der Waals surface area contributed by atoms with Gasteiger partial charge < -0.3 is 0 Å². The number of fused-ring (bicyclic) bond motifs is 1. The number of hydrogen-bond acceptors (Lipinski definition) is 4. The molecule has 0 amide bonds. The Morgan fingerprint density at radius 2 is 1.52 bits per heavy atom. The standard InChI is InChI=1S/C17H13NO4S/c19-18(20)16-10-4-2-7-14(16)12-23(21,22)17-11-5-8-13-6-1-3-9-15(13)17/h1-11H,12H2. The maximum Gasteiger partial charge on any atom is 0.273 e. The molecular formula is C17H13NO4S. The lowest BCUT2D eigenvalue weighted by molar-refractivity contribution is -0.385. The zero-order chi connectivity index (χ0) is 16.4. The van der Waals surface area contributed by atoms with Crippen molar-refractivity contribution >= 4 is 26.3 Å². The van der Waals surface area contributed by atoms with Gasteiger partial charge in [-0.1, -0.05) is 54.6 Å². The van der Waals surface area contributed by atoms with E-state index in [0.717, 1.165) is 5.39 Å². The number of rotatable bonds is 4. The molecule has 6 heteroatoms. The van der Waals surface area contributed by atoms with Gasteiger partial charge in [0.05, 0.1) is 15.6 Å². The Bertz CT molecular complexity index is 991. The molecule has 3 aromatic rings. The molecule has 3 rings (SSSR count). The van der Waals surface area contributed by atoms with E-state index in [1.54, 1.807) is 24.3 Å². The third-order valence-electron chi connectivity index (χ3n) is 3.62. The molecule has 0 aliphatic rings. The highest BCUT2D eigenvalue weighted by Crippen LogP contribution is 2.28. The molecule has 116 valence electrons. The lowest BCUT2D eigenvalue weighted by Crippen LogP contribution is -2.07. The van der Waals surface area contributed by atoms with E-state index in [2.05, 4.69) is 0 Å². The summed E-state index contributed by atoms with van der Waals surface area (Å²) < 4.78 is 25.5. The van der Waals surface area contributed by atoms with Gasteiger partial charge in [-0.2, -0.15) is 0 Å². The Labute approximate surface area is 133 Å². The number of nitro groups is 1. The Morgan fingerprint density at radius 3 is 2.30 bits per heavy atom. The number of nitro benzene ring substituents is 1. The van der Waals surface area contributed by atoms with E-state index in [1.165, 1.54) is 24.3 Å². The lowest BCUT2D eigenvalue weighted by atomic mass is 10.1. The van der Waals surface area contributed by atoms with Gasteiger partial charge in [0, 0.05) is 17.0 Å². The monoisotopic (exact) mass is 327 g/mol. The van der Waals surface area contributed by atoms with Gasteiger partial charge in [-0.15, -0.1) is 0 Å². The summed E-state index contributed by atoms with van der Waals surface area (Å²) in [5.41, 5.74) is 0.00162. The number of benzene rings is 3. The second kappa shape index (κ2) is 5.81. The predicted octanol–water partition coefficient (Wildman–Crippen LogP) is 3.72. The van der Waals surface area contributed by atoms with Crippen LogP contribution in [0.3, 0.4) is 0 Å². The third kappa shape index (κ3) is 2.93. The average Bonchev–Trinajstić information content (AvgIpc) is 2.54. The minimum Gasteiger partial charge on any atom is -0.258 e.